The molecular formula is C15H26N4O. The Morgan fingerprint density at radius 2 is 2.10 bits per heavy atom. The quantitative estimate of drug-likeness (QED) is 0.800. The normalized spacial score (nSPS) is 11.2. The van der Waals surface area contributed by atoms with Gasteiger partial charge in [0.1, 0.15) is 5.82 Å². The zero-order valence-corrected chi connectivity index (χ0v) is 12.9. The number of anilines is 1. The lowest BCUT2D eigenvalue weighted by Gasteiger charge is -2.25. The summed E-state index contributed by atoms with van der Waals surface area (Å²) in [5.41, 5.74) is 6.32. The van der Waals surface area contributed by atoms with Crippen molar-refractivity contribution in [3.63, 3.8) is 0 Å². The average molecular weight is 278 g/mol. The predicted molar refractivity (Wildman–Crippen MR) is 82.8 cm³/mol. The summed E-state index contributed by atoms with van der Waals surface area (Å²) in [5.74, 6) is 0.758. The first-order valence-electron chi connectivity index (χ1n) is 6.97. The van der Waals surface area contributed by atoms with Crippen molar-refractivity contribution in [2.45, 2.75) is 26.7 Å². The topological polar surface area (TPSA) is 71.2 Å². The average Bonchev–Trinajstić information content (AvgIpc) is 2.43. The summed E-state index contributed by atoms with van der Waals surface area (Å²) in [4.78, 5) is 17.6. The van der Waals surface area contributed by atoms with Crippen molar-refractivity contribution in [3.8, 4) is 0 Å². The van der Waals surface area contributed by atoms with Crippen molar-refractivity contribution >= 4 is 11.7 Å². The Morgan fingerprint density at radius 3 is 2.60 bits per heavy atom. The molecule has 1 rings (SSSR count). The van der Waals surface area contributed by atoms with E-state index in [0.717, 1.165) is 31.7 Å². The summed E-state index contributed by atoms with van der Waals surface area (Å²) in [6.07, 6.45) is 3.71. The molecule has 0 unspecified atom stereocenters. The van der Waals surface area contributed by atoms with Crippen LogP contribution < -0.4 is 11.1 Å². The Labute approximate surface area is 121 Å². The van der Waals surface area contributed by atoms with Gasteiger partial charge in [-0.25, -0.2) is 4.98 Å². The highest BCUT2D eigenvalue weighted by atomic mass is 16.2. The fraction of sp³-hybridized carbons (Fsp3) is 0.600. The summed E-state index contributed by atoms with van der Waals surface area (Å²) in [6.45, 7) is 5.98. The maximum absolute atomic E-state index is 11.7. The molecule has 0 aliphatic rings. The number of nitrogens with two attached hydrogens (primary N) is 1. The zero-order valence-electron chi connectivity index (χ0n) is 12.9. The standard InChI is InChI=1S/C15H26N4O/c1-15(2,8-5-9-16)11-18-13-7-6-12(10-17-13)14(20)19(3)4/h6-7,10H,5,8-9,11,16H2,1-4H3,(H,17,18). The molecule has 112 valence electrons. The van der Waals surface area contributed by atoms with E-state index in [2.05, 4.69) is 24.1 Å². The van der Waals surface area contributed by atoms with Crippen LogP contribution >= 0.6 is 0 Å². The first-order valence-corrected chi connectivity index (χ1v) is 6.97. The van der Waals surface area contributed by atoms with E-state index < -0.39 is 0 Å². The van der Waals surface area contributed by atoms with Crippen molar-refractivity contribution in [1.82, 2.24) is 9.88 Å². The summed E-state index contributed by atoms with van der Waals surface area (Å²) < 4.78 is 0. The second-order valence-corrected chi connectivity index (χ2v) is 6.04. The number of carbonyl (C=O) groups is 1. The lowest BCUT2D eigenvalue weighted by atomic mass is 9.88. The largest absolute Gasteiger partial charge is 0.370 e. The Hall–Kier alpha value is -1.62. The number of hydrogen-bond acceptors (Lipinski definition) is 4. The highest BCUT2D eigenvalue weighted by Gasteiger charge is 2.17. The van der Waals surface area contributed by atoms with E-state index >= 15 is 0 Å². The minimum atomic E-state index is -0.0349. The number of rotatable bonds is 7. The van der Waals surface area contributed by atoms with E-state index in [0.29, 0.717) is 5.56 Å². The molecule has 20 heavy (non-hydrogen) atoms. The van der Waals surface area contributed by atoms with Gasteiger partial charge in [0.25, 0.3) is 5.91 Å². The van der Waals surface area contributed by atoms with Gasteiger partial charge in [-0.15, -0.1) is 0 Å². The predicted octanol–water partition coefficient (Wildman–Crippen LogP) is 1.96. The Morgan fingerprint density at radius 1 is 1.40 bits per heavy atom. The van der Waals surface area contributed by atoms with E-state index in [-0.39, 0.29) is 11.3 Å². The molecule has 3 N–H and O–H groups in total. The molecule has 0 saturated heterocycles. The SMILES string of the molecule is CN(C)C(=O)c1ccc(NCC(C)(C)CCCN)nc1. The van der Waals surface area contributed by atoms with Crippen LogP contribution in [-0.2, 0) is 0 Å². The second kappa shape index (κ2) is 7.24. The molecule has 5 heteroatoms. The van der Waals surface area contributed by atoms with Gasteiger partial charge in [0, 0.05) is 26.8 Å². The van der Waals surface area contributed by atoms with Crippen LogP contribution in [0.5, 0.6) is 0 Å². The van der Waals surface area contributed by atoms with Gasteiger partial charge in [0.15, 0.2) is 0 Å². The van der Waals surface area contributed by atoms with E-state index in [1.165, 1.54) is 0 Å². The zero-order chi connectivity index (χ0) is 15.2. The highest BCUT2D eigenvalue weighted by Crippen LogP contribution is 2.22. The first-order chi connectivity index (χ1) is 9.35. The van der Waals surface area contributed by atoms with Crippen LogP contribution in [0.2, 0.25) is 0 Å². The van der Waals surface area contributed by atoms with Crippen molar-refractivity contribution < 1.29 is 4.79 Å². The third-order valence-electron chi connectivity index (χ3n) is 3.22. The minimum absolute atomic E-state index is 0.0349. The number of hydrogen-bond donors (Lipinski definition) is 2. The van der Waals surface area contributed by atoms with Gasteiger partial charge in [-0.1, -0.05) is 13.8 Å². The molecule has 1 heterocycles. The monoisotopic (exact) mass is 278 g/mol. The fourth-order valence-corrected chi connectivity index (χ4v) is 1.88. The molecular weight excluding hydrogens is 252 g/mol. The molecule has 0 radical (unpaired) electrons. The Kier molecular flexibility index (Phi) is 5.95. The van der Waals surface area contributed by atoms with Crippen LogP contribution in [0.3, 0.4) is 0 Å². The third kappa shape index (κ3) is 5.17. The first kappa shape index (κ1) is 16.4. The van der Waals surface area contributed by atoms with Crippen LogP contribution in [-0.4, -0.2) is 43.0 Å². The Bertz CT molecular complexity index is 426. The van der Waals surface area contributed by atoms with Crippen LogP contribution in [0.25, 0.3) is 0 Å². The molecule has 0 fully saturated rings. The molecule has 0 atom stereocenters. The van der Waals surface area contributed by atoms with Gasteiger partial charge < -0.3 is 16.0 Å². The van der Waals surface area contributed by atoms with E-state index in [1.54, 1.807) is 31.3 Å². The number of pyridine rings is 1. The number of aromatic nitrogens is 1. The van der Waals surface area contributed by atoms with Gasteiger partial charge >= 0.3 is 0 Å². The molecule has 1 aromatic rings. The van der Waals surface area contributed by atoms with E-state index in [4.69, 9.17) is 5.73 Å². The van der Waals surface area contributed by atoms with E-state index in [9.17, 15) is 4.79 Å². The maximum atomic E-state index is 11.7. The van der Waals surface area contributed by atoms with Crippen LogP contribution in [0.15, 0.2) is 18.3 Å². The van der Waals surface area contributed by atoms with Crippen LogP contribution in [0.4, 0.5) is 5.82 Å². The van der Waals surface area contributed by atoms with Crippen molar-refractivity contribution in [3.05, 3.63) is 23.9 Å². The number of carbonyl (C=O) groups excluding carboxylic acids is 1. The van der Waals surface area contributed by atoms with Gasteiger partial charge in [0.2, 0.25) is 0 Å². The molecule has 0 aromatic carbocycles. The molecule has 0 saturated carbocycles. The van der Waals surface area contributed by atoms with Gasteiger partial charge in [-0.3, -0.25) is 4.79 Å². The molecule has 1 amide bonds. The molecule has 0 bridgehead atoms. The van der Waals surface area contributed by atoms with Gasteiger partial charge in [-0.2, -0.15) is 0 Å². The molecule has 1 aromatic heterocycles. The minimum Gasteiger partial charge on any atom is -0.370 e. The summed E-state index contributed by atoms with van der Waals surface area (Å²) in [6, 6.07) is 3.64. The number of nitrogens with one attached hydrogen (secondary N) is 1. The van der Waals surface area contributed by atoms with Crippen molar-refractivity contribution in [2.24, 2.45) is 11.1 Å². The summed E-state index contributed by atoms with van der Waals surface area (Å²) >= 11 is 0. The van der Waals surface area contributed by atoms with Crippen molar-refractivity contribution in [2.75, 3.05) is 32.5 Å². The van der Waals surface area contributed by atoms with E-state index in [1.807, 2.05) is 6.07 Å². The van der Waals surface area contributed by atoms with Crippen LogP contribution in [0, 0.1) is 5.41 Å². The van der Waals surface area contributed by atoms with Crippen molar-refractivity contribution in [1.29, 1.82) is 0 Å². The molecule has 5 nitrogen and oxygen atoms in total. The molecule has 0 spiro atoms. The number of amides is 1. The highest BCUT2D eigenvalue weighted by molar-refractivity contribution is 5.93. The molecule has 0 aliphatic carbocycles. The maximum Gasteiger partial charge on any atom is 0.254 e. The smallest absolute Gasteiger partial charge is 0.254 e. The molecule has 0 aliphatic heterocycles. The fourth-order valence-electron chi connectivity index (χ4n) is 1.88. The Balaban J connectivity index is 2.56. The lowest BCUT2D eigenvalue weighted by Crippen LogP contribution is -2.25. The van der Waals surface area contributed by atoms with Gasteiger partial charge in [-0.05, 0) is 36.9 Å². The van der Waals surface area contributed by atoms with Gasteiger partial charge in [0.05, 0.1) is 5.56 Å². The third-order valence-corrected chi connectivity index (χ3v) is 3.22. The number of nitrogens with zero attached hydrogens (tertiary/aromatic N) is 2. The summed E-state index contributed by atoms with van der Waals surface area (Å²) in [7, 11) is 3.46. The summed E-state index contributed by atoms with van der Waals surface area (Å²) in [5, 5.41) is 3.31. The van der Waals surface area contributed by atoms with Crippen LogP contribution in [0.1, 0.15) is 37.0 Å². The second-order valence-electron chi connectivity index (χ2n) is 6.04. The lowest BCUT2D eigenvalue weighted by molar-refractivity contribution is 0.0827.